The molecule has 0 atom stereocenters. The Kier molecular flexibility index (Phi) is 5.17. The Bertz CT molecular complexity index is 1130. The predicted octanol–water partition coefficient (Wildman–Crippen LogP) is 0.123. The fourth-order valence-electron chi connectivity index (χ4n) is 3.16. The van der Waals surface area contributed by atoms with Gasteiger partial charge in [-0.05, 0) is 19.4 Å². The summed E-state index contributed by atoms with van der Waals surface area (Å²) in [5, 5.41) is 3.15. The Morgan fingerprint density at radius 3 is 2.44 bits per heavy atom. The molecule has 1 saturated heterocycles. The lowest BCUT2D eigenvalue weighted by atomic mass is 10.2. The molecule has 0 aromatic carbocycles. The minimum atomic E-state index is -3.27. The van der Waals surface area contributed by atoms with Crippen LogP contribution in [0.15, 0.2) is 9.59 Å². The normalized spacial score (nSPS) is 14.9. The van der Waals surface area contributed by atoms with E-state index in [0.717, 1.165) is 21.3 Å². The number of sulfone groups is 1. The molecule has 2 aromatic rings. The SMILES string of the molecule is CCn1c(=O)c2c(C)c(CN3CCNC3=O)sc2n(CCS(C)(=O)=O)c1=O. The van der Waals surface area contributed by atoms with Crippen LogP contribution in [0.4, 0.5) is 4.79 Å². The average molecular weight is 415 g/mol. The van der Waals surface area contributed by atoms with Gasteiger partial charge in [-0.25, -0.2) is 18.0 Å². The monoisotopic (exact) mass is 414 g/mol. The van der Waals surface area contributed by atoms with Crippen LogP contribution in [0.3, 0.4) is 0 Å². The first kappa shape index (κ1) is 19.6. The van der Waals surface area contributed by atoms with Crippen molar-refractivity contribution in [2.75, 3.05) is 25.1 Å². The second-order valence-electron chi connectivity index (χ2n) is 6.60. The highest BCUT2D eigenvalue weighted by Gasteiger charge is 2.24. The van der Waals surface area contributed by atoms with Gasteiger partial charge in [0.15, 0.2) is 0 Å². The number of urea groups is 1. The summed E-state index contributed by atoms with van der Waals surface area (Å²) in [6, 6.07) is -0.160. The number of aryl methyl sites for hydroxylation is 2. The molecule has 0 aliphatic carbocycles. The van der Waals surface area contributed by atoms with Gasteiger partial charge in [-0.2, -0.15) is 0 Å². The number of carbonyl (C=O) groups excluding carboxylic acids is 1. The fraction of sp³-hybridized carbons (Fsp3) is 0.562. The van der Waals surface area contributed by atoms with E-state index in [1.54, 1.807) is 18.7 Å². The Morgan fingerprint density at radius 2 is 1.89 bits per heavy atom. The first-order valence-corrected chi connectivity index (χ1v) is 11.5. The predicted molar refractivity (Wildman–Crippen MR) is 104 cm³/mol. The van der Waals surface area contributed by atoms with Crippen molar-refractivity contribution >= 4 is 37.4 Å². The van der Waals surface area contributed by atoms with Crippen molar-refractivity contribution in [3.05, 3.63) is 31.3 Å². The molecule has 0 spiro atoms. The van der Waals surface area contributed by atoms with Crippen molar-refractivity contribution in [2.24, 2.45) is 0 Å². The molecule has 1 aliphatic heterocycles. The molecule has 2 amide bonds. The third-order valence-electron chi connectivity index (χ3n) is 4.67. The van der Waals surface area contributed by atoms with Crippen LogP contribution in [-0.2, 0) is 29.5 Å². The van der Waals surface area contributed by atoms with E-state index < -0.39 is 15.5 Å². The van der Waals surface area contributed by atoms with Gasteiger partial charge in [0.05, 0.1) is 17.7 Å². The van der Waals surface area contributed by atoms with E-state index in [9.17, 15) is 22.8 Å². The van der Waals surface area contributed by atoms with Crippen LogP contribution in [0, 0.1) is 6.92 Å². The molecule has 0 saturated carbocycles. The molecule has 1 fully saturated rings. The summed E-state index contributed by atoms with van der Waals surface area (Å²) in [6.07, 6.45) is 1.11. The second kappa shape index (κ2) is 7.12. The van der Waals surface area contributed by atoms with Gasteiger partial charge in [0.25, 0.3) is 5.56 Å². The van der Waals surface area contributed by atoms with Crippen LogP contribution in [0.2, 0.25) is 0 Å². The Labute approximate surface area is 160 Å². The number of thiophene rings is 1. The molecule has 1 N–H and O–H groups in total. The van der Waals surface area contributed by atoms with E-state index in [4.69, 9.17) is 0 Å². The van der Waals surface area contributed by atoms with E-state index in [1.807, 2.05) is 0 Å². The minimum Gasteiger partial charge on any atom is -0.336 e. The molecule has 11 heteroatoms. The highest BCUT2D eigenvalue weighted by Crippen LogP contribution is 2.29. The number of nitrogens with one attached hydrogen (secondary N) is 1. The lowest BCUT2D eigenvalue weighted by Gasteiger charge is -2.12. The van der Waals surface area contributed by atoms with Gasteiger partial charge >= 0.3 is 11.7 Å². The number of fused-ring (bicyclic) bond motifs is 1. The number of rotatable bonds is 6. The zero-order valence-electron chi connectivity index (χ0n) is 15.4. The summed E-state index contributed by atoms with van der Waals surface area (Å²) in [5.41, 5.74) is -0.153. The Hall–Kier alpha value is -2.14. The number of carbonyl (C=O) groups is 1. The van der Waals surface area contributed by atoms with E-state index in [2.05, 4.69) is 5.32 Å². The highest BCUT2D eigenvalue weighted by atomic mass is 32.2. The summed E-state index contributed by atoms with van der Waals surface area (Å²) in [6.45, 7) is 5.19. The number of amides is 2. The summed E-state index contributed by atoms with van der Waals surface area (Å²) >= 11 is 1.27. The Balaban J connectivity index is 2.18. The van der Waals surface area contributed by atoms with Gasteiger partial charge in [-0.1, -0.05) is 0 Å². The molecule has 0 bridgehead atoms. The van der Waals surface area contributed by atoms with E-state index in [1.165, 1.54) is 15.9 Å². The van der Waals surface area contributed by atoms with Crippen molar-refractivity contribution < 1.29 is 13.2 Å². The fourth-order valence-corrected chi connectivity index (χ4v) is 5.00. The zero-order valence-corrected chi connectivity index (χ0v) is 17.1. The standard InChI is InChI=1S/C16H22N4O5S2/c1-4-19-13(21)12-10(2)11(9-18-6-5-17-15(18)22)26-14(12)20(16(19)23)7-8-27(3,24)25/h4-9H2,1-3H3,(H,17,22). The van der Waals surface area contributed by atoms with Crippen LogP contribution < -0.4 is 16.6 Å². The Morgan fingerprint density at radius 1 is 1.19 bits per heavy atom. The van der Waals surface area contributed by atoms with E-state index >= 15 is 0 Å². The average Bonchev–Trinajstić information content (AvgIpc) is 3.11. The van der Waals surface area contributed by atoms with Gasteiger partial charge in [0, 0.05) is 37.3 Å². The van der Waals surface area contributed by atoms with Crippen LogP contribution in [0.5, 0.6) is 0 Å². The van der Waals surface area contributed by atoms with Crippen LogP contribution in [-0.4, -0.2) is 53.6 Å². The third kappa shape index (κ3) is 3.65. The quantitative estimate of drug-likeness (QED) is 0.722. The lowest BCUT2D eigenvalue weighted by Crippen LogP contribution is -2.40. The number of aromatic nitrogens is 2. The van der Waals surface area contributed by atoms with Crippen LogP contribution >= 0.6 is 11.3 Å². The third-order valence-corrected chi connectivity index (χ3v) is 6.90. The number of hydrogen-bond acceptors (Lipinski definition) is 6. The summed E-state index contributed by atoms with van der Waals surface area (Å²) in [4.78, 5) is 40.3. The first-order chi connectivity index (χ1) is 12.6. The maximum absolute atomic E-state index is 12.8. The van der Waals surface area contributed by atoms with E-state index in [0.29, 0.717) is 29.9 Å². The molecule has 0 unspecified atom stereocenters. The van der Waals surface area contributed by atoms with Crippen molar-refractivity contribution in [1.29, 1.82) is 0 Å². The van der Waals surface area contributed by atoms with Gasteiger partial charge in [0.2, 0.25) is 0 Å². The van der Waals surface area contributed by atoms with Gasteiger partial charge in [0.1, 0.15) is 14.7 Å². The van der Waals surface area contributed by atoms with Gasteiger partial charge < -0.3 is 10.2 Å². The molecular formula is C16H22N4O5S2. The molecule has 27 heavy (non-hydrogen) atoms. The van der Waals surface area contributed by atoms with Crippen molar-refractivity contribution in [3.63, 3.8) is 0 Å². The molecule has 9 nitrogen and oxygen atoms in total. The minimum absolute atomic E-state index is 0.0158. The van der Waals surface area contributed by atoms with Crippen LogP contribution in [0.1, 0.15) is 17.4 Å². The topological polar surface area (TPSA) is 110 Å². The van der Waals surface area contributed by atoms with Gasteiger partial charge in [-0.3, -0.25) is 13.9 Å². The molecule has 3 rings (SSSR count). The smallest absolute Gasteiger partial charge is 0.332 e. The van der Waals surface area contributed by atoms with Crippen molar-refractivity contribution in [1.82, 2.24) is 19.4 Å². The van der Waals surface area contributed by atoms with Crippen LogP contribution in [0.25, 0.3) is 10.2 Å². The molecule has 0 radical (unpaired) electrons. The molecule has 148 valence electrons. The number of nitrogens with zero attached hydrogens (tertiary/aromatic N) is 3. The maximum atomic E-state index is 12.8. The van der Waals surface area contributed by atoms with E-state index in [-0.39, 0.29) is 30.4 Å². The van der Waals surface area contributed by atoms with Crippen molar-refractivity contribution in [3.8, 4) is 0 Å². The van der Waals surface area contributed by atoms with Crippen molar-refractivity contribution in [2.45, 2.75) is 33.5 Å². The molecule has 2 aromatic heterocycles. The number of hydrogen-bond donors (Lipinski definition) is 1. The highest BCUT2D eigenvalue weighted by molar-refractivity contribution is 7.90. The second-order valence-corrected chi connectivity index (χ2v) is 9.94. The first-order valence-electron chi connectivity index (χ1n) is 8.60. The maximum Gasteiger partial charge on any atom is 0.332 e. The molecule has 1 aliphatic rings. The largest absolute Gasteiger partial charge is 0.336 e. The summed E-state index contributed by atoms with van der Waals surface area (Å²) in [7, 11) is -3.27. The van der Waals surface area contributed by atoms with Gasteiger partial charge in [-0.15, -0.1) is 11.3 Å². The molecule has 3 heterocycles. The zero-order chi connectivity index (χ0) is 19.9. The summed E-state index contributed by atoms with van der Waals surface area (Å²) in [5.74, 6) is -0.190. The lowest BCUT2D eigenvalue weighted by molar-refractivity contribution is 0.216. The molecular weight excluding hydrogens is 392 g/mol. The summed E-state index contributed by atoms with van der Waals surface area (Å²) < 4.78 is 25.6.